The highest BCUT2D eigenvalue weighted by atomic mass is 16.5. The van der Waals surface area contributed by atoms with Crippen molar-refractivity contribution in [3.63, 3.8) is 0 Å². The SMILES string of the molecule is COc1ccc(CN2C(=O)C(O)=C(c3ccc(OC)cc3)C2=O)cc1. The number of hydrogen-bond donors (Lipinski definition) is 1. The predicted molar refractivity (Wildman–Crippen MR) is 91.1 cm³/mol. The molecule has 1 N–H and O–H groups in total. The van der Waals surface area contributed by atoms with Crippen molar-refractivity contribution in [2.24, 2.45) is 0 Å². The van der Waals surface area contributed by atoms with Crippen LogP contribution in [0.2, 0.25) is 0 Å². The molecule has 0 fully saturated rings. The second-order valence-corrected chi connectivity index (χ2v) is 5.50. The summed E-state index contributed by atoms with van der Waals surface area (Å²) in [6.07, 6.45) is 0. The third kappa shape index (κ3) is 3.06. The summed E-state index contributed by atoms with van der Waals surface area (Å²) in [5, 5.41) is 10.2. The molecule has 128 valence electrons. The minimum atomic E-state index is -0.702. The number of amides is 2. The van der Waals surface area contributed by atoms with Crippen LogP contribution in [-0.4, -0.2) is 36.0 Å². The third-order valence-corrected chi connectivity index (χ3v) is 4.02. The summed E-state index contributed by atoms with van der Waals surface area (Å²) in [6, 6.07) is 13.6. The maximum Gasteiger partial charge on any atom is 0.296 e. The van der Waals surface area contributed by atoms with Gasteiger partial charge in [0.05, 0.1) is 26.3 Å². The molecule has 0 atom stereocenters. The number of benzene rings is 2. The van der Waals surface area contributed by atoms with Crippen molar-refractivity contribution in [3.8, 4) is 11.5 Å². The molecule has 6 heteroatoms. The van der Waals surface area contributed by atoms with Crippen LogP contribution in [0.5, 0.6) is 11.5 Å². The zero-order valence-electron chi connectivity index (χ0n) is 13.9. The Kier molecular flexibility index (Phi) is 4.43. The quantitative estimate of drug-likeness (QED) is 0.847. The summed E-state index contributed by atoms with van der Waals surface area (Å²) < 4.78 is 10.2. The smallest absolute Gasteiger partial charge is 0.296 e. The van der Waals surface area contributed by atoms with Crippen LogP contribution in [0.1, 0.15) is 11.1 Å². The maximum absolute atomic E-state index is 12.6. The molecule has 0 bridgehead atoms. The van der Waals surface area contributed by atoms with E-state index in [0.717, 1.165) is 10.5 Å². The molecule has 0 saturated carbocycles. The first kappa shape index (κ1) is 16.6. The topological polar surface area (TPSA) is 76.1 Å². The van der Waals surface area contributed by atoms with Crippen LogP contribution < -0.4 is 9.47 Å². The van der Waals surface area contributed by atoms with Crippen LogP contribution in [0.4, 0.5) is 0 Å². The zero-order chi connectivity index (χ0) is 18.0. The van der Waals surface area contributed by atoms with Crippen LogP contribution >= 0.6 is 0 Å². The molecule has 0 unspecified atom stereocenters. The van der Waals surface area contributed by atoms with Gasteiger partial charge in [-0.2, -0.15) is 0 Å². The van der Waals surface area contributed by atoms with E-state index in [9.17, 15) is 14.7 Å². The van der Waals surface area contributed by atoms with E-state index in [1.165, 1.54) is 7.11 Å². The lowest BCUT2D eigenvalue weighted by Gasteiger charge is -2.15. The Hall–Kier alpha value is -3.28. The fourth-order valence-electron chi connectivity index (χ4n) is 2.64. The van der Waals surface area contributed by atoms with E-state index in [1.54, 1.807) is 55.6 Å². The monoisotopic (exact) mass is 339 g/mol. The first-order valence-corrected chi connectivity index (χ1v) is 7.62. The van der Waals surface area contributed by atoms with Crippen LogP contribution in [0, 0.1) is 0 Å². The van der Waals surface area contributed by atoms with Crippen LogP contribution in [0.3, 0.4) is 0 Å². The van der Waals surface area contributed by atoms with E-state index in [4.69, 9.17) is 9.47 Å². The number of imide groups is 1. The van der Waals surface area contributed by atoms with E-state index < -0.39 is 17.6 Å². The summed E-state index contributed by atoms with van der Waals surface area (Å²) in [5.41, 5.74) is 1.22. The second kappa shape index (κ2) is 6.68. The second-order valence-electron chi connectivity index (χ2n) is 5.50. The number of nitrogens with zero attached hydrogens (tertiary/aromatic N) is 1. The Labute approximate surface area is 144 Å². The van der Waals surface area contributed by atoms with Crippen molar-refractivity contribution >= 4 is 17.4 Å². The lowest BCUT2D eigenvalue weighted by atomic mass is 10.1. The summed E-state index contributed by atoms with van der Waals surface area (Å²) in [4.78, 5) is 26.0. The molecule has 25 heavy (non-hydrogen) atoms. The van der Waals surface area contributed by atoms with Crippen molar-refractivity contribution in [2.75, 3.05) is 14.2 Å². The summed E-state index contributed by atoms with van der Waals surface area (Å²) >= 11 is 0. The number of aliphatic hydroxyl groups is 1. The minimum absolute atomic E-state index is 0.00108. The molecule has 3 rings (SSSR count). The minimum Gasteiger partial charge on any atom is -0.502 e. The van der Waals surface area contributed by atoms with Crippen molar-refractivity contribution in [1.82, 2.24) is 4.90 Å². The molecule has 0 radical (unpaired) electrons. The Bertz CT molecular complexity index is 837. The van der Waals surface area contributed by atoms with Gasteiger partial charge in [0.1, 0.15) is 11.5 Å². The fourth-order valence-corrected chi connectivity index (χ4v) is 2.64. The van der Waals surface area contributed by atoms with Crippen molar-refractivity contribution < 1.29 is 24.2 Å². The number of aliphatic hydroxyl groups excluding tert-OH is 1. The standard InChI is InChI=1S/C19H17NO5/c1-24-14-7-3-12(4-8-14)11-20-18(22)16(17(21)19(20)23)13-5-9-15(25-2)10-6-13/h3-10,21H,11H2,1-2H3. The van der Waals surface area contributed by atoms with E-state index >= 15 is 0 Å². The van der Waals surface area contributed by atoms with Crippen molar-refractivity contribution in [2.45, 2.75) is 6.54 Å². The van der Waals surface area contributed by atoms with Gasteiger partial charge < -0.3 is 14.6 Å². The van der Waals surface area contributed by atoms with E-state index in [2.05, 4.69) is 0 Å². The molecular formula is C19H17NO5. The van der Waals surface area contributed by atoms with Gasteiger partial charge in [-0.3, -0.25) is 14.5 Å². The molecule has 6 nitrogen and oxygen atoms in total. The van der Waals surface area contributed by atoms with E-state index in [1.807, 2.05) is 0 Å². The molecule has 0 aliphatic carbocycles. The van der Waals surface area contributed by atoms with Gasteiger partial charge in [0.15, 0.2) is 5.76 Å². The van der Waals surface area contributed by atoms with Gasteiger partial charge in [-0.15, -0.1) is 0 Å². The first-order chi connectivity index (χ1) is 12.0. The molecule has 2 amide bonds. The Balaban J connectivity index is 1.84. The van der Waals surface area contributed by atoms with Gasteiger partial charge in [0.25, 0.3) is 11.8 Å². The van der Waals surface area contributed by atoms with Crippen molar-refractivity contribution in [3.05, 3.63) is 65.4 Å². The van der Waals surface area contributed by atoms with Gasteiger partial charge in [0.2, 0.25) is 0 Å². The highest BCUT2D eigenvalue weighted by Crippen LogP contribution is 2.30. The van der Waals surface area contributed by atoms with Gasteiger partial charge >= 0.3 is 0 Å². The average molecular weight is 339 g/mol. The molecule has 2 aromatic carbocycles. The van der Waals surface area contributed by atoms with E-state index in [0.29, 0.717) is 17.1 Å². The first-order valence-electron chi connectivity index (χ1n) is 7.62. The van der Waals surface area contributed by atoms with Gasteiger partial charge in [-0.1, -0.05) is 24.3 Å². The molecule has 2 aromatic rings. The number of ether oxygens (including phenoxy) is 2. The summed E-state index contributed by atoms with van der Waals surface area (Å²) in [6.45, 7) is 0.0748. The molecule has 1 heterocycles. The number of hydrogen-bond acceptors (Lipinski definition) is 5. The highest BCUT2D eigenvalue weighted by Gasteiger charge is 2.39. The largest absolute Gasteiger partial charge is 0.502 e. The normalized spacial score (nSPS) is 14.2. The van der Waals surface area contributed by atoms with Crippen molar-refractivity contribution in [1.29, 1.82) is 0 Å². The summed E-state index contributed by atoms with van der Waals surface area (Å²) in [7, 11) is 3.10. The van der Waals surface area contributed by atoms with Gasteiger partial charge in [-0.25, -0.2) is 0 Å². The lowest BCUT2D eigenvalue weighted by Crippen LogP contribution is -2.31. The summed E-state index contributed by atoms with van der Waals surface area (Å²) in [5.74, 6) is -0.461. The zero-order valence-corrected chi connectivity index (χ0v) is 13.9. The molecule has 1 aliphatic heterocycles. The molecular weight excluding hydrogens is 322 g/mol. The average Bonchev–Trinajstić information content (AvgIpc) is 2.86. The number of methoxy groups -OCH3 is 2. The lowest BCUT2D eigenvalue weighted by molar-refractivity contribution is -0.138. The highest BCUT2D eigenvalue weighted by molar-refractivity contribution is 6.34. The number of rotatable bonds is 5. The van der Waals surface area contributed by atoms with Gasteiger partial charge in [-0.05, 0) is 35.4 Å². The Morgan fingerprint density at radius 1 is 0.840 bits per heavy atom. The van der Waals surface area contributed by atoms with Gasteiger partial charge in [0, 0.05) is 0 Å². The molecule has 0 aromatic heterocycles. The van der Waals surface area contributed by atoms with Crippen LogP contribution in [0.15, 0.2) is 54.3 Å². The number of carbonyl (C=O) groups excluding carboxylic acids is 2. The molecule has 1 aliphatic rings. The fraction of sp³-hybridized carbons (Fsp3) is 0.158. The Morgan fingerprint density at radius 3 is 1.88 bits per heavy atom. The maximum atomic E-state index is 12.6. The number of carbonyl (C=O) groups is 2. The Morgan fingerprint density at radius 2 is 1.36 bits per heavy atom. The predicted octanol–water partition coefficient (Wildman–Crippen LogP) is 2.54. The van der Waals surface area contributed by atoms with E-state index in [-0.39, 0.29) is 12.1 Å². The van der Waals surface area contributed by atoms with Crippen LogP contribution in [0.25, 0.3) is 5.57 Å². The molecule has 0 spiro atoms. The molecule has 0 saturated heterocycles. The van der Waals surface area contributed by atoms with Crippen LogP contribution in [-0.2, 0) is 16.1 Å². The third-order valence-electron chi connectivity index (χ3n) is 4.02.